The second-order valence-electron chi connectivity index (χ2n) is 4.22. The van der Waals surface area contributed by atoms with Crippen LogP contribution in [-0.2, 0) is 14.3 Å². The number of hydrogen-bond acceptors (Lipinski definition) is 6. The topological polar surface area (TPSA) is 82.1 Å². The summed E-state index contributed by atoms with van der Waals surface area (Å²) < 4.78 is 15.3. The number of ketones is 1. The third kappa shape index (κ3) is 2.20. The summed E-state index contributed by atoms with van der Waals surface area (Å²) in [6.45, 7) is 1.27. The van der Waals surface area contributed by atoms with Crippen LogP contribution >= 0.6 is 0 Å². The van der Waals surface area contributed by atoms with Crippen molar-refractivity contribution in [3.05, 3.63) is 35.1 Å². The van der Waals surface area contributed by atoms with E-state index in [-0.39, 0.29) is 5.57 Å². The molecule has 106 valence electrons. The van der Waals surface area contributed by atoms with Crippen LogP contribution in [0.25, 0.3) is 0 Å². The summed E-state index contributed by atoms with van der Waals surface area (Å²) in [5.74, 6) is -1.02. The van der Waals surface area contributed by atoms with Gasteiger partial charge in [0.1, 0.15) is 0 Å². The Morgan fingerprint density at radius 1 is 1.25 bits per heavy atom. The first-order valence-corrected chi connectivity index (χ1v) is 5.86. The lowest BCUT2D eigenvalue weighted by atomic mass is 9.99. The predicted octanol–water partition coefficient (Wildman–Crippen LogP) is 1.70. The van der Waals surface area contributed by atoms with Gasteiger partial charge in [0.15, 0.2) is 23.4 Å². The summed E-state index contributed by atoms with van der Waals surface area (Å²) in [4.78, 5) is 23.0. The summed E-state index contributed by atoms with van der Waals surface area (Å²) >= 11 is 0. The molecule has 1 heterocycles. The van der Waals surface area contributed by atoms with Crippen molar-refractivity contribution in [1.29, 1.82) is 0 Å². The summed E-state index contributed by atoms with van der Waals surface area (Å²) in [5, 5.41) is 9.62. The molecular weight excluding hydrogens is 264 g/mol. The van der Waals surface area contributed by atoms with Crippen LogP contribution in [0.2, 0.25) is 0 Å². The molecule has 1 aliphatic rings. The number of Topliss-reactive ketones (excluding diaryl/α,β-unsaturated/α-hetero) is 1. The lowest BCUT2D eigenvalue weighted by Crippen LogP contribution is -2.08. The van der Waals surface area contributed by atoms with Crippen LogP contribution in [0.1, 0.15) is 18.6 Å². The number of carbonyl (C=O) groups excluding carboxylic acids is 2. The molecule has 0 amide bonds. The highest BCUT2D eigenvalue weighted by Crippen LogP contribution is 2.38. The van der Waals surface area contributed by atoms with Gasteiger partial charge in [-0.15, -0.1) is 0 Å². The Morgan fingerprint density at radius 3 is 2.45 bits per heavy atom. The molecule has 1 aromatic rings. The van der Waals surface area contributed by atoms with Crippen LogP contribution in [-0.4, -0.2) is 31.1 Å². The molecule has 0 aliphatic carbocycles. The number of carbonyl (C=O) groups is 2. The second kappa shape index (κ2) is 5.24. The van der Waals surface area contributed by atoms with Crippen molar-refractivity contribution in [3.8, 4) is 11.5 Å². The second-order valence-corrected chi connectivity index (χ2v) is 4.22. The highest BCUT2D eigenvalue weighted by molar-refractivity contribution is 6.05. The Labute approximate surface area is 115 Å². The first-order valence-electron chi connectivity index (χ1n) is 5.86. The summed E-state index contributed by atoms with van der Waals surface area (Å²) in [6, 6.07) is 4.87. The van der Waals surface area contributed by atoms with Crippen molar-refractivity contribution in [2.24, 2.45) is 0 Å². The van der Waals surface area contributed by atoms with Gasteiger partial charge in [-0.2, -0.15) is 0 Å². The van der Waals surface area contributed by atoms with Crippen LogP contribution < -0.4 is 9.47 Å². The van der Waals surface area contributed by atoms with E-state index in [0.29, 0.717) is 17.1 Å². The summed E-state index contributed by atoms with van der Waals surface area (Å²) in [5.41, 5.74) is 0.465. The van der Waals surface area contributed by atoms with E-state index in [1.54, 1.807) is 18.2 Å². The molecule has 20 heavy (non-hydrogen) atoms. The van der Waals surface area contributed by atoms with Crippen molar-refractivity contribution >= 4 is 11.8 Å². The minimum absolute atomic E-state index is 0.0535. The van der Waals surface area contributed by atoms with E-state index in [2.05, 4.69) is 0 Å². The molecule has 0 fully saturated rings. The number of aliphatic hydroxyl groups excluding tert-OH is 1. The van der Waals surface area contributed by atoms with Gasteiger partial charge >= 0.3 is 5.97 Å². The van der Waals surface area contributed by atoms with Gasteiger partial charge in [0.05, 0.1) is 19.8 Å². The Balaban J connectivity index is 2.47. The third-order valence-corrected chi connectivity index (χ3v) is 3.03. The fourth-order valence-electron chi connectivity index (χ4n) is 2.06. The number of hydrogen-bond donors (Lipinski definition) is 1. The van der Waals surface area contributed by atoms with E-state index in [4.69, 9.17) is 14.2 Å². The molecule has 6 nitrogen and oxygen atoms in total. The van der Waals surface area contributed by atoms with Gasteiger partial charge in [-0.1, -0.05) is 6.07 Å². The minimum Gasteiger partial charge on any atom is -0.501 e. The Bertz CT molecular complexity index is 602. The van der Waals surface area contributed by atoms with Crippen molar-refractivity contribution < 1.29 is 28.9 Å². The summed E-state index contributed by atoms with van der Waals surface area (Å²) in [7, 11) is 2.97. The fraction of sp³-hybridized carbons (Fsp3) is 0.286. The maximum Gasteiger partial charge on any atom is 0.374 e. The standard InChI is InChI=1S/C14H14O6/c1-7(15)11-12(16)14(17)20-13(11)8-4-5-9(18-2)10(6-8)19-3/h4-6,13,16H,1-3H3. The molecular formula is C14H14O6. The van der Waals surface area contributed by atoms with E-state index < -0.39 is 23.6 Å². The molecule has 1 unspecified atom stereocenters. The zero-order chi connectivity index (χ0) is 14.9. The molecule has 2 rings (SSSR count). The molecule has 0 radical (unpaired) electrons. The van der Waals surface area contributed by atoms with Crippen LogP contribution in [0.4, 0.5) is 0 Å². The van der Waals surface area contributed by atoms with Crippen molar-refractivity contribution in [2.75, 3.05) is 14.2 Å². The highest BCUT2D eigenvalue weighted by atomic mass is 16.6. The van der Waals surface area contributed by atoms with E-state index in [1.165, 1.54) is 21.1 Å². The molecule has 0 saturated carbocycles. The highest BCUT2D eigenvalue weighted by Gasteiger charge is 2.38. The van der Waals surface area contributed by atoms with Gasteiger partial charge < -0.3 is 19.3 Å². The fourth-order valence-corrected chi connectivity index (χ4v) is 2.06. The normalized spacial score (nSPS) is 17.9. The number of cyclic esters (lactones) is 1. The average molecular weight is 278 g/mol. The SMILES string of the molecule is COc1ccc(C2OC(=O)C(O)=C2C(C)=O)cc1OC. The van der Waals surface area contributed by atoms with Crippen LogP contribution in [0.3, 0.4) is 0 Å². The van der Waals surface area contributed by atoms with Crippen LogP contribution in [0.5, 0.6) is 11.5 Å². The number of rotatable bonds is 4. The lowest BCUT2D eigenvalue weighted by molar-refractivity contribution is -0.142. The number of aliphatic hydroxyl groups is 1. The minimum atomic E-state index is -0.931. The molecule has 1 aliphatic heterocycles. The Morgan fingerprint density at radius 2 is 1.90 bits per heavy atom. The van der Waals surface area contributed by atoms with Crippen molar-refractivity contribution in [1.82, 2.24) is 0 Å². The molecule has 1 aromatic carbocycles. The van der Waals surface area contributed by atoms with E-state index in [1.807, 2.05) is 0 Å². The molecule has 0 spiro atoms. The molecule has 6 heteroatoms. The van der Waals surface area contributed by atoms with E-state index in [9.17, 15) is 14.7 Å². The Hall–Kier alpha value is -2.50. The molecule has 0 saturated heterocycles. The molecule has 1 N–H and O–H groups in total. The van der Waals surface area contributed by atoms with Crippen LogP contribution in [0, 0.1) is 0 Å². The predicted molar refractivity (Wildman–Crippen MR) is 68.7 cm³/mol. The quantitative estimate of drug-likeness (QED) is 0.844. The zero-order valence-electron chi connectivity index (χ0n) is 11.3. The van der Waals surface area contributed by atoms with Crippen molar-refractivity contribution in [2.45, 2.75) is 13.0 Å². The maximum absolute atomic E-state index is 11.6. The molecule has 0 bridgehead atoms. The van der Waals surface area contributed by atoms with E-state index in [0.717, 1.165) is 0 Å². The van der Waals surface area contributed by atoms with Gasteiger partial charge in [-0.05, 0) is 19.1 Å². The number of ether oxygens (including phenoxy) is 3. The van der Waals surface area contributed by atoms with Crippen molar-refractivity contribution in [3.63, 3.8) is 0 Å². The first-order chi connectivity index (χ1) is 9.49. The average Bonchev–Trinajstić information content (AvgIpc) is 2.74. The van der Waals surface area contributed by atoms with Gasteiger partial charge in [-0.3, -0.25) is 4.79 Å². The zero-order valence-corrected chi connectivity index (χ0v) is 11.3. The van der Waals surface area contributed by atoms with Gasteiger partial charge in [-0.25, -0.2) is 4.79 Å². The van der Waals surface area contributed by atoms with Gasteiger partial charge in [0, 0.05) is 5.56 Å². The number of esters is 1. The molecule has 1 atom stereocenters. The van der Waals surface area contributed by atoms with E-state index >= 15 is 0 Å². The molecule has 0 aromatic heterocycles. The lowest BCUT2D eigenvalue weighted by Gasteiger charge is -2.15. The van der Waals surface area contributed by atoms with Crippen LogP contribution in [0.15, 0.2) is 29.5 Å². The smallest absolute Gasteiger partial charge is 0.374 e. The first kappa shape index (κ1) is 13.9. The van der Waals surface area contributed by atoms with Gasteiger partial charge in [0.25, 0.3) is 0 Å². The Kier molecular flexibility index (Phi) is 3.65. The number of methoxy groups -OCH3 is 2. The maximum atomic E-state index is 11.6. The largest absolute Gasteiger partial charge is 0.501 e. The third-order valence-electron chi connectivity index (χ3n) is 3.03. The summed E-state index contributed by atoms with van der Waals surface area (Å²) in [6.07, 6.45) is -0.931. The monoisotopic (exact) mass is 278 g/mol. The van der Waals surface area contributed by atoms with Gasteiger partial charge in [0.2, 0.25) is 5.76 Å². The number of benzene rings is 1.